The van der Waals surface area contributed by atoms with Gasteiger partial charge in [0.2, 0.25) is 0 Å². The van der Waals surface area contributed by atoms with Crippen LogP contribution in [0.3, 0.4) is 0 Å². The molecule has 1 aromatic rings. The molecular weight excluding hydrogens is 275 g/mol. The normalized spacial score (nSPS) is 20.9. The van der Waals surface area contributed by atoms with Crippen molar-refractivity contribution in [2.24, 2.45) is 0 Å². The maximum Gasteiger partial charge on any atom is 0.156 e. The number of halogens is 1. The van der Waals surface area contributed by atoms with Crippen molar-refractivity contribution in [3.05, 3.63) is 35.6 Å². The van der Waals surface area contributed by atoms with Crippen LogP contribution in [0.25, 0.3) is 0 Å². The molecule has 6 heteroatoms. The van der Waals surface area contributed by atoms with Gasteiger partial charge in [0.05, 0.1) is 32.0 Å². The van der Waals surface area contributed by atoms with Gasteiger partial charge in [0.15, 0.2) is 6.10 Å². The molecule has 1 fully saturated rings. The number of benzene rings is 1. The molecular formula is C15H19FN2O3. The van der Waals surface area contributed by atoms with E-state index in [0.717, 1.165) is 0 Å². The lowest BCUT2D eigenvalue weighted by Crippen LogP contribution is -2.45. The average molecular weight is 294 g/mol. The number of ether oxygens (including phenoxy) is 2. The first-order chi connectivity index (χ1) is 10.2. The summed E-state index contributed by atoms with van der Waals surface area (Å²) >= 11 is 0. The highest BCUT2D eigenvalue weighted by Gasteiger charge is 2.21. The molecule has 0 aromatic heterocycles. The predicted molar refractivity (Wildman–Crippen MR) is 73.9 cm³/mol. The van der Waals surface area contributed by atoms with Crippen molar-refractivity contribution in [3.8, 4) is 6.07 Å². The van der Waals surface area contributed by atoms with Gasteiger partial charge in [-0.2, -0.15) is 5.26 Å². The molecule has 1 aliphatic rings. The van der Waals surface area contributed by atoms with E-state index in [1.165, 1.54) is 6.07 Å². The Kier molecular flexibility index (Phi) is 6.08. The molecule has 2 atom stereocenters. The first-order valence-corrected chi connectivity index (χ1v) is 6.92. The second kappa shape index (κ2) is 8.05. The Balaban J connectivity index is 1.69. The zero-order valence-electron chi connectivity index (χ0n) is 11.7. The maximum absolute atomic E-state index is 13.4. The Morgan fingerprint density at radius 2 is 2.33 bits per heavy atom. The zero-order valence-corrected chi connectivity index (χ0v) is 11.7. The van der Waals surface area contributed by atoms with Crippen LogP contribution in [0.4, 0.5) is 4.39 Å². The van der Waals surface area contributed by atoms with Crippen molar-refractivity contribution in [2.75, 3.05) is 32.8 Å². The average Bonchev–Trinajstić information content (AvgIpc) is 2.49. The molecule has 0 spiro atoms. The van der Waals surface area contributed by atoms with Gasteiger partial charge < -0.3 is 14.6 Å². The smallest absolute Gasteiger partial charge is 0.156 e. The molecule has 1 saturated heterocycles. The molecule has 0 radical (unpaired) electrons. The number of aliphatic hydroxyl groups excluding tert-OH is 1. The van der Waals surface area contributed by atoms with Gasteiger partial charge in [-0.05, 0) is 6.07 Å². The highest BCUT2D eigenvalue weighted by molar-refractivity contribution is 5.16. The van der Waals surface area contributed by atoms with Crippen LogP contribution in [0.5, 0.6) is 0 Å². The van der Waals surface area contributed by atoms with Gasteiger partial charge in [0.25, 0.3) is 0 Å². The summed E-state index contributed by atoms with van der Waals surface area (Å²) in [5, 5.41) is 18.7. The standard InChI is InChI=1S/C15H19FN2O3/c16-15-4-2-1-3-12(15)10-20-11-13(19)8-18-5-6-21-14(7-17)9-18/h1-4,13-14,19H,5-6,8-11H2. The molecule has 5 nitrogen and oxygen atoms in total. The summed E-state index contributed by atoms with van der Waals surface area (Å²) in [5.41, 5.74) is 0.473. The molecule has 2 unspecified atom stereocenters. The van der Waals surface area contributed by atoms with Gasteiger partial charge in [-0.3, -0.25) is 4.90 Å². The van der Waals surface area contributed by atoms with Crippen LogP contribution in [-0.4, -0.2) is 55.1 Å². The molecule has 0 bridgehead atoms. The molecule has 1 aromatic carbocycles. The van der Waals surface area contributed by atoms with E-state index in [4.69, 9.17) is 14.7 Å². The Hall–Kier alpha value is -1.52. The highest BCUT2D eigenvalue weighted by Crippen LogP contribution is 2.09. The van der Waals surface area contributed by atoms with Crippen molar-refractivity contribution in [1.29, 1.82) is 5.26 Å². The fourth-order valence-corrected chi connectivity index (χ4v) is 2.22. The second-order valence-corrected chi connectivity index (χ2v) is 5.01. The fourth-order valence-electron chi connectivity index (χ4n) is 2.22. The monoisotopic (exact) mass is 294 g/mol. The molecule has 0 amide bonds. The number of hydrogen-bond donors (Lipinski definition) is 1. The van der Waals surface area contributed by atoms with Crippen LogP contribution >= 0.6 is 0 Å². The number of nitrogens with zero attached hydrogens (tertiary/aromatic N) is 2. The summed E-state index contributed by atoms with van der Waals surface area (Å²) in [7, 11) is 0. The van der Waals surface area contributed by atoms with Gasteiger partial charge >= 0.3 is 0 Å². The molecule has 114 valence electrons. The summed E-state index contributed by atoms with van der Waals surface area (Å²) in [6.07, 6.45) is -1.11. The SMILES string of the molecule is N#CC1CN(CC(O)COCc2ccccc2F)CCO1. The van der Waals surface area contributed by atoms with Crippen molar-refractivity contribution in [2.45, 2.75) is 18.8 Å². The van der Waals surface area contributed by atoms with Crippen molar-refractivity contribution >= 4 is 0 Å². The van der Waals surface area contributed by atoms with Gasteiger partial charge in [-0.1, -0.05) is 18.2 Å². The number of aliphatic hydroxyl groups is 1. The number of β-amino-alcohol motifs (C(OH)–C–C–N with tert-alkyl or cyclic N) is 1. The van der Waals surface area contributed by atoms with Crippen LogP contribution in [-0.2, 0) is 16.1 Å². The summed E-state index contributed by atoms with van der Waals surface area (Å²) < 4.78 is 24.0. The second-order valence-electron chi connectivity index (χ2n) is 5.01. The van der Waals surface area contributed by atoms with Crippen LogP contribution in [0.2, 0.25) is 0 Å². The zero-order chi connectivity index (χ0) is 15.1. The number of morpholine rings is 1. The third kappa shape index (κ3) is 5.06. The first-order valence-electron chi connectivity index (χ1n) is 6.92. The number of rotatable bonds is 6. The van der Waals surface area contributed by atoms with Gasteiger partial charge in [0.1, 0.15) is 5.82 Å². The fraction of sp³-hybridized carbons (Fsp3) is 0.533. The summed E-state index contributed by atoms with van der Waals surface area (Å²) in [6.45, 7) is 2.33. The van der Waals surface area contributed by atoms with Crippen LogP contribution in [0, 0.1) is 17.1 Å². The summed E-state index contributed by atoms with van der Waals surface area (Å²) in [5.74, 6) is -0.308. The van der Waals surface area contributed by atoms with Crippen LogP contribution in [0.15, 0.2) is 24.3 Å². The lowest BCUT2D eigenvalue weighted by atomic mass is 10.2. The largest absolute Gasteiger partial charge is 0.389 e. The minimum absolute atomic E-state index is 0.128. The molecule has 1 aliphatic heterocycles. The molecule has 0 saturated carbocycles. The quantitative estimate of drug-likeness (QED) is 0.845. The minimum atomic E-state index is -0.672. The van der Waals surface area contributed by atoms with Crippen LogP contribution < -0.4 is 0 Å². The van der Waals surface area contributed by atoms with Gasteiger partial charge in [-0.15, -0.1) is 0 Å². The maximum atomic E-state index is 13.4. The lowest BCUT2D eigenvalue weighted by molar-refractivity contribution is -0.0347. The van der Waals surface area contributed by atoms with E-state index in [-0.39, 0.29) is 19.0 Å². The molecule has 2 rings (SSSR count). The van der Waals surface area contributed by atoms with Crippen molar-refractivity contribution < 1.29 is 19.0 Å². The van der Waals surface area contributed by atoms with E-state index in [1.807, 2.05) is 4.90 Å². The Labute approximate surface area is 123 Å². The van der Waals surface area contributed by atoms with Crippen molar-refractivity contribution in [1.82, 2.24) is 4.90 Å². The van der Waals surface area contributed by atoms with E-state index < -0.39 is 12.2 Å². The van der Waals surface area contributed by atoms with E-state index in [2.05, 4.69) is 6.07 Å². The molecule has 1 heterocycles. The van der Waals surface area contributed by atoms with Gasteiger partial charge in [0, 0.05) is 25.2 Å². The topological polar surface area (TPSA) is 65.7 Å². The third-order valence-corrected chi connectivity index (χ3v) is 3.29. The Bertz CT molecular complexity index is 492. The highest BCUT2D eigenvalue weighted by atomic mass is 19.1. The molecule has 0 aliphatic carbocycles. The van der Waals surface area contributed by atoms with E-state index in [0.29, 0.717) is 31.8 Å². The first kappa shape index (κ1) is 15.9. The lowest BCUT2D eigenvalue weighted by Gasteiger charge is -2.31. The Morgan fingerprint density at radius 1 is 1.52 bits per heavy atom. The molecule has 1 N–H and O–H groups in total. The third-order valence-electron chi connectivity index (χ3n) is 3.29. The van der Waals surface area contributed by atoms with E-state index >= 15 is 0 Å². The molecule has 21 heavy (non-hydrogen) atoms. The van der Waals surface area contributed by atoms with E-state index in [1.54, 1.807) is 18.2 Å². The summed E-state index contributed by atoms with van der Waals surface area (Å²) in [6, 6.07) is 8.46. The van der Waals surface area contributed by atoms with Crippen LogP contribution in [0.1, 0.15) is 5.56 Å². The van der Waals surface area contributed by atoms with Gasteiger partial charge in [-0.25, -0.2) is 4.39 Å². The number of nitriles is 1. The van der Waals surface area contributed by atoms with E-state index in [9.17, 15) is 9.50 Å². The Morgan fingerprint density at radius 3 is 3.10 bits per heavy atom. The van der Waals surface area contributed by atoms with Crippen molar-refractivity contribution in [3.63, 3.8) is 0 Å². The number of hydrogen-bond acceptors (Lipinski definition) is 5. The summed E-state index contributed by atoms with van der Waals surface area (Å²) in [4.78, 5) is 1.97. The predicted octanol–water partition coefficient (Wildman–Crippen LogP) is 0.928. The minimum Gasteiger partial charge on any atom is -0.389 e.